The zero-order chi connectivity index (χ0) is 12.9. The van der Waals surface area contributed by atoms with Crippen molar-refractivity contribution in [3.63, 3.8) is 0 Å². The molecule has 0 fully saturated rings. The zero-order valence-corrected chi connectivity index (χ0v) is 8.98. The van der Waals surface area contributed by atoms with Crippen LogP contribution in [0.4, 0.5) is 4.39 Å². The molecule has 2 aromatic carbocycles. The minimum atomic E-state index is -0.672. The standard InChI is InChI=1S/C13H7FO4/c14-8-3-1-2-7-12(17)11-9(16)4-6(15)5-10(11)18-13(7)8/h1-5,15-16H. The van der Waals surface area contributed by atoms with Gasteiger partial charge in [0.05, 0.1) is 5.39 Å². The van der Waals surface area contributed by atoms with Crippen molar-refractivity contribution >= 4 is 21.9 Å². The summed E-state index contributed by atoms with van der Waals surface area (Å²) in [6, 6.07) is 6.15. The Kier molecular flexibility index (Phi) is 2.04. The molecule has 18 heavy (non-hydrogen) atoms. The number of rotatable bonds is 0. The molecule has 0 amide bonds. The topological polar surface area (TPSA) is 70.7 Å². The predicted molar refractivity (Wildman–Crippen MR) is 63.3 cm³/mol. The Balaban J connectivity index is 2.66. The number of para-hydroxylation sites is 1. The Bertz CT molecular complexity index is 836. The van der Waals surface area contributed by atoms with Gasteiger partial charge >= 0.3 is 0 Å². The van der Waals surface area contributed by atoms with Gasteiger partial charge in [-0.25, -0.2) is 4.39 Å². The maximum Gasteiger partial charge on any atom is 0.204 e. The first-order valence-corrected chi connectivity index (χ1v) is 5.15. The van der Waals surface area contributed by atoms with Gasteiger partial charge < -0.3 is 14.6 Å². The normalized spacial score (nSPS) is 11.2. The molecule has 0 spiro atoms. The van der Waals surface area contributed by atoms with Crippen molar-refractivity contribution in [2.75, 3.05) is 0 Å². The summed E-state index contributed by atoms with van der Waals surface area (Å²) in [5, 5.41) is 18.9. The van der Waals surface area contributed by atoms with E-state index >= 15 is 0 Å². The molecule has 0 saturated carbocycles. The molecular weight excluding hydrogens is 239 g/mol. The molecule has 2 N–H and O–H groups in total. The molecule has 0 aliphatic carbocycles. The summed E-state index contributed by atoms with van der Waals surface area (Å²) in [5.74, 6) is -1.34. The molecule has 3 aromatic rings. The van der Waals surface area contributed by atoms with Crippen molar-refractivity contribution < 1.29 is 19.0 Å². The van der Waals surface area contributed by atoms with Gasteiger partial charge in [-0.2, -0.15) is 0 Å². The van der Waals surface area contributed by atoms with E-state index in [0.717, 1.165) is 12.1 Å². The average Bonchev–Trinajstić information content (AvgIpc) is 2.30. The van der Waals surface area contributed by atoms with Crippen LogP contribution < -0.4 is 5.43 Å². The van der Waals surface area contributed by atoms with Crippen LogP contribution in [0.25, 0.3) is 21.9 Å². The molecule has 90 valence electrons. The number of fused-ring (bicyclic) bond motifs is 2. The van der Waals surface area contributed by atoms with Crippen LogP contribution in [-0.4, -0.2) is 10.2 Å². The Labute approximate surface area is 99.5 Å². The van der Waals surface area contributed by atoms with Gasteiger partial charge in [-0.05, 0) is 12.1 Å². The molecule has 3 rings (SSSR count). The second kappa shape index (κ2) is 3.46. The largest absolute Gasteiger partial charge is 0.508 e. The number of halogens is 1. The highest BCUT2D eigenvalue weighted by molar-refractivity contribution is 5.93. The number of hydrogen-bond acceptors (Lipinski definition) is 4. The van der Waals surface area contributed by atoms with Crippen LogP contribution in [-0.2, 0) is 0 Å². The van der Waals surface area contributed by atoms with E-state index < -0.39 is 17.0 Å². The molecule has 0 atom stereocenters. The summed E-state index contributed by atoms with van der Waals surface area (Å²) in [4.78, 5) is 12.1. The molecule has 0 saturated heterocycles. The molecule has 0 bridgehead atoms. The summed E-state index contributed by atoms with van der Waals surface area (Å²) in [5.41, 5.74) is -0.793. The zero-order valence-electron chi connectivity index (χ0n) is 8.98. The lowest BCUT2D eigenvalue weighted by Gasteiger charge is -2.04. The lowest BCUT2D eigenvalue weighted by molar-refractivity contribution is 0.452. The Morgan fingerprint density at radius 2 is 1.94 bits per heavy atom. The first kappa shape index (κ1) is 10.6. The van der Waals surface area contributed by atoms with E-state index in [9.17, 15) is 19.4 Å². The van der Waals surface area contributed by atoms with Crippen LogP contribution in [0, 0.1) is 5.82 Å². The van der Waals surface area contributed by atoms with Gasteiger partial charge in [-0.1, -0.05) is 6.07 Å². The Hall–Kier alpha value is -2.56. The fourth-order valence-corrected chi connectivity index (χ4v) is 1.93. The van der Waals surface area contributed by atoms with Crippen LogP contribution in [0.2, 0.25) is 0 Å². The van der Waals surface area contributed by atoms with Crippen LogP contribution >= 0.6 is 0 Å². The fourth-order valence-electron chi connectivity index (χ4n) is 1.93. The number of benzene rings is 2. The summed E-state index contributed by atoms with van der Waals surface area (Å²) in [7, 11) is 0. The number of aromatic hydroxyl groups is 2. The summed E-state index contributed by atoms with van der Waals surface area (Å²) in [6.07, 6.45) is 0. The summed E-state index contributed by atoms with van der Waals surface area (Å²) >= 11 is 0. The highest BCUT2D eigenvalue weighted by atomic mass is 19.1. The smallest absolute Gasteiger partial charge is 0.204 e. The molecule has 1 aromatic heterocycles. The first-order valence-electron chi connectivity index (χ1n) is 5.15. The van der Waals surface area contributed by atoms with Crippen LogP contribution in [0.3, 0.4) is 0 Å². The molecule has 4 nitrogen and oxygen atoms in total. The maximum absolute atomic E-state index is 13.5. The molecule has 0 aliphatic heterocycles. The van der Waals surface area contributed by atoms with Crippen LogP contribution in [0.5, 0.6) is 11.5 Å². The van der Waals surface area contributed by atoms with Crippen molar-refractivity contribution in [1.82, 2.24) is 0 Å². The minimum Gasteiger partial charge on any atom is -0.508 e. The molecule has 0 radical (unpaired) electrons. The minimum absolute atomic E-state index is 0.0449. The third kappa shape index (κ3) is 1.34. The SMILES string of the molecule is O=c1c2cccc(F)c2oc2cc(O)cc(O)c12. The second-order valence-electron chi connectivity index (χ2n) is 3.89. The van der Waals surface area contributed by atoms with E-state index in [0.29, 0.717) is 0 Å². The van der Waals surface area contributed by atoms with Crippen molar-refractivity contribution in [2.45, 2.75) is 0 Å². The van der Waals surface area contributed by atoms with Crippen molar-refractivity contribution in [3.05, 3.63) is 46.4 Å². The van der Waals surface area contributed by atoms with Gasteiger partial charge in [-0.15, -0.1) is 0 Å². The quantitative estimate of drug-likeness (QED) is 0.598. The third-order valence-corrected chi connectivity index (χ3v) is 2.72. The molecule has 0 aliphatic rings. The fraction of sp³-hybridized carbons (Fsp3) is 0. The van der Waals surface area contributed by atoms with E-state index in [2.05, 4.69) is 0 Å². The Morgan fingerprint density at radius 1 is 1.17 bits per heavy atom. The van der Waals surface area contributed by atoms with E-state index in [1.807, 2.05) is 0 Å². The highest BCUT2D eigenvalue weighted by Crippen LogP contribution is 2.30. The van der Waals surface area contributed by atoms with E-state index in [4.69, 9.17) is 4.42 Å². The van der Waals surface area contributed by atoms with E-state index in [-0.39, 0.29) is 27.7 Å². The monoisotopic (exact) mass is 246 g/mol. The summed E-state index contributed by atoms with van der Waals surface area (Å²) in [6.45, 7) is 0. The van der Waals surface area contributed by atoms with Gasteiger partial charge in [0.15, 0.2) is 11.4 Å². The van der Waals surface area contributed by atoms with Crippen molar-refractivity contribution in [1.29, 1.82) is 0 Å². The van der Waals surface area contributed by atoms with Gasteiger partial charge in [0.1, 0.15) is 22.5 Å². The summed E-state index contributed by atoms with van der Waals surface area (Å²) < 4.78 is 18.8. The molecule has 0 unspecified atom stereocenters. The molecule has 5 heteroatoms. The predicted octanol–water partition coefficient (Wildman–Crippen LogP) is 2.50. The van der Waals surface area contributed by atoms with Gasteiger partial charge in [0.2, 0.25) is 5.43 Å². The number of phenols is 2. The van der Waals surface area contributed by atoms with Gasteiger partial charge in [-0.3, -0.25) is 4.79 Å². The molecule has 1 heterocycles. The second-order valence-corrected chi connectivity index (χ2v) is 3.89. The van der Waals surface area contributed by atoms with Crippen molar-refractivity contribution in [3.8, 4) is 11.5 Å². The van der Waals surface area contributed by atoms with Crippen molar-refractivity contribution in [2.24, 2.45) is 0 Å². The number of hydrogen-bond donors (Lipinski definition) is 2. The van der Waals surface area contributed by atoms with E-state index in [1.165, 1.54) is 18.2 Å². The van der Waals surface area contributed by atoms with Crippen LogP contribution in [0.1, 0.15) is 0 Å². The van der Waals surface area contributed by atoms with E-state index in [1.54, 1.807) is 0 Å². The van der Waals surface area contributed by atoms with Gasteiger partial charge in [0.25, 0.3) is 0 Å². The van der Waals surface area contributed by atoms with Gasteiger partial charge in [0, 0.05) is 12.1 Å². The highest BCUT2D eigenvalue weighted by Gasteiger charge is 2.14. The van der Waals surface area contributed by atoms with Crippen LogP contribution in [0.15, 0.2) is 39.5 Å². The maximum atomic E-state index is 13.5. The average molecular weight is 246 g/mol. The lowest BCUT2D eigenvalue weighted by Crippen LogP contribution is -2.03. The third-order valence-electron chi connectivity index (χ3n) is 2.72. The Morgan fingerprint density at radius 3 is 2.72 bits per heavy atom. The number of phenolic OH excluding ortho intramolecular Hbond substituents is 2. The first-order chi connectivity index (χ1) is 8.58. The lowest BCUT2D eigenvalue weighted by atomic mass is 10.1. The molecular formula is C13H7FO4.